The number of carbonyl (C=O) groups is 1. The number of rotatable bonds is 3. The molecule has 2 amide bonds. The molecule has 1 aromatic heterocycles. The quantitative estimate of drug-likeness (QED) is 0.752. The number of anilines is 1. The Morgan fingerprint density at radius 1 is 1.47 bits per heavy atom. The Labute approximate surface area is 108 Å². The Hall–Kier alpha value is -1.46. The SMILES string of the molecule is O=C(NCCCl)Nc1ccc2nc(Cl)[nH]c2c1. The van der Waals surface area contributed by atoms with Gasteiger partial charge >= 0.3 is 6.03 Å². The van der Waals surface area contributed by atoms with Gasteiger partial charge in [0.25, 0.3) is 0 Å². The molecule has 17 heavy (non-hydrogen) atoms. The van der Waals surface area contributed by atoms with Crippen molar-refractivity contribution in [2.75, 3.05) is 17.7 Å². The Morgan fingerprint density at radius 2 is 2.29 bits per heavy atom. The lowest BCUT2D eigenvalue weighted by Gasteiger charge is -2.05. The second-order valence-corrected chi connectivity index (χ2v) is 4.07. The fraction of sp³-hybridized carbons (Fsp3) is 0.200. The largest absolute Gasteiger partial charge is 0.337 e. The summed E-state index contributed by atoms with van der Waals surface area (Å²) in [7, 11) is 0. The number of aromatic amines is 1. The van der Waals surface area contributed by atoms with E-state index in [1.807, 2.05) is 0 Å². The summed E-state index contributed by atoms with van der Waals surface area (Å²) in [4.78, 5) is 18.3. The molecule has 0 aliphatic rings. The average molecular weight is 273 g/mol. The molecule has 0 unspecified atom stereocenters. The normalized spacial score (nSPS) is 10.5. The van der Waals surface area contributed by atoms with Gasteiger partial charge in [-0.25, -0.2) is 9.78 Å². The lowest BCUT2D eigenvalue weighted by atomic mass is 10.3. The standard InChI is InChI=1S/C10H10Cl2N4O/c11-3-4-13-10(17)14-6-1-2-7-8(5-6)16-9(12)15-7/h1-2,5H,3-4H2,(H,15,16)(H2,13,14,17). The van der Waals surface area contributed by atoms with Crippen LogP contribution in [0.25, 0.3) is 11.0 Å². The third-order valence-electron chi connectivity index (χ3n) is 2.09. The van der Waals surface area contributed by atoms with E-state index < -0.39 is 0 Å². The summed E-state index contributed by atoms with van der Waals surface area (Å²) in [5.41, 5.74) is 2.18. The van der Waals surface area contributed by atoms with Crippen molar-refractivity contribution in [2.24, 2.45) is 0 Å². The van der Waals surface area contributed by atoms with Gasteiger partial charge in [-0.3, -0.25) is 0 Å². The Kier molecular flexibility index (Phi) is 3.71. The molecule has 0 aliphatic carbocycles. The van der Waals surface area contributed by atoms with Crippen LogP contribution in [0.15, 0.2) is 18.2 Å². The van der Waals surface area contributed by atoms with Gasteiger partial charge in [0.05, 0.1) is 11.0 Å². The molecule has 5 nitrogen and oxygen atoms in total. The van der Waals surface area contributed by atoms with Crippen LogP contribution in [0.4, 0.5) is 10.5 Å². The number of H-pyrrole nitrogens is 1. The summed E-state index contributed by atoms with van der Waals surface area (Å²) in [6, 6.07) is 4.99. The number of hydrogen-bond acceptors (Lipinski definition) is 2. The minimum atomic E-state index is -0.296. The van der Waals surface area contributed by atoms with E-state index in [0.29, 0.717) is 23.4 Å². The molecule has 90 valence electrons. The minimum absolute atomic E-state index is 0.296. The van der Waals surface area contributed by atoms with Crippen LogP contribution in [0.5, 0.6) is 0 Å². The summed E-state index contributed by atoms with van der Waals surface area (Å²) >= 11 is 11.2. The summed E-state index contributed by atoms with van der Waals surface area (Å²) in [6.45, 7) is 0.422. The van der Waals surface area contributed by atoms with E-state index in [1.165, 1.54) is 0 Å². The molecule has 7 heteroatoms. The van der Waals surface area contributed by atoms with Gasteiger partial charge in [0.2, 0.25) is 5.28 Å². The van der Waals surface area contributed by atoms with Gasteiger partial charge in [-0.15, -0.1) is 11.6 Å². The number of nitrogens with one attached hydrogen (secondary N) is 3. The molecule has 1 heterocycles. The third kappa shape index (κ3) is 3.01. The number of fused-ring (bicyclic) bond motifs is 1. The number of amides is 2. The number of alkyl halides is 1. The van der Waals surface area contributed by atoms with Crippen molar-refractivity contribution in [2.45, 2.75) is 0 Å². The van der Waals surface area contributed by atoms with Crippen LogP contribution in [-0.4, -0.2) is 28.4 Å². The van der Waals surface area contributed by atoms with E-state index in [9.17, 15) is 4.79 Å². The average Bonchev–Trinajstić information content (AvgIpc) is 2.65. The van der Waals surface area contributed by atoms with E-state index in [4.69, 9.17) is 23.2 Å². The zero-order valence-electron chi connectivity index (χ0n) is 8.76. The molecule has 3 N–H and O–H groups in total. The van der Waals surface area contributed by atoms with E-state index in [1.54, 1.807) is 18.2 Å². The maximum Gasteiger partial charge on any atom is 0.319 e. The van der Waals surface area contributed by atoms with Crippen LogP contribution in [0.2, 0.25) is 5.28 Å². The lowest BCUT2D eigenvalue weighted by Crippen LogP contribution is -2.30. The van der Waals surface area contributed by atoms with Gasteiger partial charge in [0, 0.05) is 18.1 Å². The first kappa shape index (κ1) is 12.0. The second kappa shape index (κ2) is 5.25. The van der Waals surface area contributed by atoms with E-state index in [0.717, 1.165) is 11.0 Å². The van der Waals surface area contributed by atoms with Crippen LogP contribution in [-0.2, 0) is 0 Å². The number of urea groups is 1. The highest BCUT2D eigenvalue weighted by atomic mass is 35.5. The highest BCUT2D eigenvalue weighted by Gasteiger charge is 2.04. The van der Waals surface area contributed by atoms with Crippen LogP contribution >= 0.6 is 23.2 Å². The molecule has 0 saturated carbocycles. The van der Waals surface area contributed by atoms with Gasteiger partial charge in [-0.05, 0) is 29.8 Å². The number of imidazole rings is 1. The zero-order valence-corrected chi connectivity index (χ0v) is 10.3. The van der Waals surface area contributed by atoms with Crippen molar-refractivity contribution in [1.29, 1.82) is 0 Å². The van der Waals surface area contributed by atoms with Crippen molar-refractivity contribution in [3.05, 3.63) is 23.5 Å². The topological polar surface area (TPSA) is 69.8 Å². The molecule has 0 fully saturated rings. The van der Waals surface area contributed by atoms with Gasteiger partial charge in [0.1, 0.15) is 0 Å². The maximum atomic E-state index is 11.4. The second-order valence-electron chi connectivity index (χ2n) is 3.33. The number of carbonyl (C=O) groups excluding carboxylic acids is 1. The monoisotopic (exact) mass is 272 g/mol. The number of nitrogens with zero attached hydrogens (tertiary/aromatic N) is 1. The highest BCUT2D eigenvalue weighted by Crippen LogP contribution is 2.18. The molecule has 2 rings (SSSR count). The molecule has 0 radical (unpaired) electrons. The Bertz CT molecular complexity index is 540. The van der Waals surface area contributed by atoms with Gasteiger partial charge < -0.3 is 15.6 Å². The number of hydrogen-bond donors (Lipinski definition) is 3. The lowest BCUT2D eigenvalue weighted by molar-refractivity contribution is 0.252. The fourth-order valence-electron chi connectivity index (χ4n) is 1.39. The molecule has 0 bridgehead atoms. The molecule has 0 aliphatic heterocycles. The first-order valence-corrected chi connectivity index (χ1v) is 5.86. The van der Waals surface area contributed by atoms with E-state index in [-0.39, 0.29) is 6.03 Å². The molecule has 0 saturated heterocycles. The molecular weight excluding hydrogens is 263 g/mol. The van der Waals surface area contributed by atoms with E-state index in [2.05, 4.69) is 20.6 Å². The summed E-state index contributed by atoms with van der Waals surface area (Å²) in [6.07, 6.45) is 0. The Morgan fingerprint density at radius 3 is 3.06 bits per heavy atom. The molecule has 0 spiro atoms. The van der Waals surface area contributed by atoms with Crippen molar-refractivity contribution >= 4 is 46.0 Å². The smallest absolute Gasteiger partial charge is 0.319 e. The van der Waals surface area contributed by atoms with Crippen molar-refractivity contribution in [3.8, 4) is 0 Å². The highest BCUT2D eigenvalue weighted by molar-refractivity contribution is 6.29. The van der Waals surface area contributed by atoms with Gasteiger partial charge in [-0.2, -0.15) is 0 Å². The minimum Gasteiger partial charge on any atom is -0.337 e. The predicted molar refractivity (Wildman–Crippen MR) is 68.8 cm³/mol. The fourth-order valence-corrected chi connectivity index (χ4v) is 1.68. The first-order valence-electron chi connectivity index (χ1n) is 4.95. The summed E-state index contributed by atoms with van der Waals surface area (Å²) < 4.78 is 0. The van der Waals surface area contributed by atoms with Gasteiger partial charge in [-0.1, -0.05) is 0 Å². The summed E-state index contributed by atoms with van der Waals surface area (Å²) in [5, 5.41) is 5.60. The third-order valence-corrected chi connectivity index (χ3v) is 2.46. The maximum absolute atomic E-state index is 11.4. The Balaban J connectivity index is 2.10. The van der Waals surface area contributed by atoms with E-state index >= 15 is 0 Å². The van der Waals surface area contributed by atoms with Crippen LogP contribution in [0, 0.1) is 0 Å². The molecule has 2 aromatic rings. The van der Waals surface area contributed by atoms with Crippen LogP contribution in [0.3, 0.4) is 0 Å². The van der Waals surface area contributed by atoms with Gasteiger partial charge in [0.15, 0.2) is 0 Å². The van der Waals surface area contributed by atoms with Crippen molar-refractivity contribution in [1.82, 2.24) is 15.3 Å². The predicted octanol–water partition coefficient (Wildman–Crippen LogP) is 2.58. The van der Waals surface area contributed by atoms with Crippen molar-refractivity contribution < 1.29 is 4.79 Å². The number of benzene rings is 1. The van der Waals surface area contributed by atoms with Crippen molar-refractivity contribution in [3.63, 3.8) is 0 Å². The molecule has 0 atom stereocenters. The molecule has 1 aromatic carbocycles. The molecular formula is C10H10Cl2N4O. The van der Waals surface area contributed by atoms with Crippen LogP contribution in [0.1, 0.15) is 0 Å². The zero-order chi connectivity index (χ0) is 12.3. The summed E-state index contributed by atoms with van der Waals surface area (Å²) in [5.74, 6) is 0.378. The first-order chi connectivity index (χ1) is 8.19. The number of aromatic nitrogens is 2. The van der Waals surface area contributed by atoms with Crippen LogP contribution < -0.4 is 10.6 Å². The number of halogens is 2.